The quantitative estimate of drug-likeness (QED) is 0.558. The maximum atomic E-state index is 5.42. The summed E-state index contributed by atoms with van der Waals surface area (Å²) in [5.41, 5.74) is 3.48. The van der Waals surface area contributed by atoms with Crippen LogP contribution in [0.1, 0.15) is 5.76 Å². The lowest BCUT2D eigenvalue weighted by molar-refractivity contribution is 0.372. The molecule has 0 unspecified atom stereocenters. The Hall–Kier alpha value is -3.41. The van der Waals surface area contributed by atoms with Gasteiger partial charge >= 0.3 is 0 Å². The Bertz CT molecular complexity index is 976. The molecule has 4 aromatic rings. The molecule has 6 heteroatoms. The average Bonchev–Trinajstić information content (AvgIpc) is 3.32. The van der Waals surface area contributed by atoms with Crippen molar-refractivity contribution < 1.29 is 9.26 Å². The average molecular weight is 332 g/mol. The van der Waals surface area contributed by atoms with Gasteiger partial charge in [-0.25, -0.2) is 4.68 Å². The number of aromatic nitrogens is 4. The van der Waals surface area contributed by atoms with E-state index in [0.29, 0.717) is 6.54 Å². The van der Waals surface area contributed by atoms with E-state index in [1.807, 2.05) is 66.9 Å². The minimum absolute atomic E-state index is 0.460. The van der Waals surface area contributed by atoms with Crippen LogP contribution in [-0.4, -0.2) is 27.3 Å². The van der Waals surface area contributed by atoms with E-state index >= 15 is 0 Å². The third-order valence-corrected chi connectivity index (χ3v) is 3.87. The van der Waals surface area contributed by atoms with Crippen molar-refractivity contribution in [3.8, 4) is 28.3 Å². The second kappa shape index (κ2) is 6.60. The van der Waals surface area contributed by atoms with Gasteiger partial charge in [-0.3, -0.25) is 0 Å². The van der Waals surface area contributed by atoms with Crippen molar-refractivity contribution in [1.82, 2.24) is 20.2 Å². The van der Waals surface area contributed by atoms with Crippen molar-refractivity contribution in [2.75, 3.05) is 7.11 Å². The Balaban J connectivity index is 1.55. The highest BCUT2D eigenvalue weighted by molar-refractivity contribution is 5.66. The molecule has 0 aliphatic rings. The Morgan fingerprint density at radius 2 is 1.80 bits per heavy atom. The topological polar surface area (TPSA) is 66.0 Å². The van der Waals surface area contributed by atoms with Gasteiger partial charge in [-0.05, 0) is 12.1 Å². The molecule has 0 radical (unpaired) electrons. The first-order valence-corrected chi connectivity index (χ1v) is 7.88. The van der Waals surface area contributed by atoms with Crippen LogP contribution >= 0.6 is 0 Å². The third kappa shape index (κ3) is 3.14. The first-order chi connectivity index (χ1) is 12.3. The summed E-state index contributed by atoms with van der Waals surface area (Å²) < 4.78 is 12.5. The SMILES string of the molecule is COc1ccccc1-c1cn(Cc2cc(-c3ccccc3)no2)nn1. The Morgan fingerprint density at radius 1 is 1.00 bits per heavy atom. The van der Waals surface area contributed by atoms with E-state index in [1.54, 1.807) is 11.8 Å². The smallest absolute Gasteiger partial charge is 0.158 e. The van der Waals surface area contributed by atoms with Gasteiger partial charge in [0.25, 0.3) is 0 Å². The number of hydrogen-bond donors (Lipinski definition) is 0. The van der Waals surface area contributed by atoms with E-state index in [4.69, 9.17) is 9.26 Å². The number of hydrogen-bond acceptors (Lipinski definition) is 5. The summed E-state index contributed by atoms with van der Waals surface area (Å²) in [4.78, 5) is 0. The van der Waals surface area contributed by atoms with Crippen LogP contribution in [0.5, 0.6) is 5.75 Å². The molecule has 25 heavy (non-hydrogen) atoms. The Morgan fingerprint density at radius 3 is 2.64 bits per heavy atom. The highest BCUT2D eigenvalue weighted by Crippen LogP contribution is 2.27. The second-order valence-electron chi connectivity index (χ2n) is 5.55. The van der Waals surface area contributed by atoms with Crippen LogP contribution in [0.25, 0.3) is 22.5 Å². The van der Waals surface area contributed by atoms with Gasteiger partial charge in [0.15, 0.2) is 5.76 Å². The fraction of sp³-hybridized carbons (Fsp3) is 0.105. The molecule has 2 aromatic heterocycles. The maximum absolute atomic E-state index is 5.42. The molecule has 0 aliphatic carbocycles. The zero-order valence-electron chi connectivity index (χ0n) is 13.7. The predicted molar refractivity (Wildman–Crippen MR) is 93.1 cm³/mol. The summed E-state index contributed by atoms with van der Waals surface area (Å²) in [7, 11) is 1.64. The van der Waals surface area contributed by atoms with Crippen LogP contribution in [0.15, 0.2) is 71.4 Å². The molecule has 6 nitrogen and oxygen atoms in total. The molecule has 124 valence electrons. The summed E-state index contributed by atoms with van der Waals surface area (Å²) >= 11 is 0. The van der Waals surface area contributed by atoms with Crippen LogP contribution in [0.4, 0.5) is 0 Å². The Kier molecular flexibility index (Phi) is 4.00. The van der Waals surface area contributed by atoms with Gasteiger partial charge in [0, 0.05) is 17.2 Å². The molecular weight excluding hydrogens is 316 g/mol. The number of ether oxygens (including phenoxy) is 1. The maximum Gasteiger partial charge on any atom is 0.158 e. The van der Waals surface area contributed by atoms with Gasteiger partial charge in [-0.15, -0.1) is 5.10 Å². The van der Waals surface area contributed by atoms with Crippen LogP contribution < -0.4 is 4.74 Å². The summed E-state index contributed by atoms with van der Waals surface area (Å²) in [6, 6.07) is 19.5. The standard InChI is InChI=1S/C19H16N4O2/c1-24-19-10-6-5-9-16(19)18-13-23(22-20-18)12-15-11-17(21-25-15)14-7-3-2-4-8-14/h2-11,13H,12H2,1H3. The molecule has 0 aliphatic heterocycles. The van der Waals surface area contributed by atoms with Crippen LogP contribution in [-0.2, 0) is 6.54 Å². The van der Waals surface area contributed by atoms with E-state index in [2.05, 4.69) is 15.5 Å². The number of methoxy groups -OCH3 is 1. The third-order valence-electron chi connectivity index (χ3n) is 3.87. The van der Waals surface area contributed by atoms with Crippen molar-refractivity contribution in [3.63, 3.8) is 0 Å². The molecule has 0 N–H and O–H groups in total. The molecule has 0 fully saturated rings. The van der Waals surface area contributed by atoms with Gasteiger partial charge in [-0.1, -0.05) is 52.8 Å². The van der Waals surface area contributed by atoms with Gasteiger partial charge in [0.2, 0.25) is 0 Å². The molecule has 0 saturated carbocycles. The van der Waals surface area contributed by atoms with Crippen molar-refractivity contribution in [3.05, 3.63) is 72.6 Å². The molecule has 0 amide bonds. The fourth-order valence-corrected chi connectivity index (χ4v) is 2.65. The van der Waals surface area contributed by atoms with Crippen molar-refractivity contribution in [2.24, 2.45) is 0 Å². The number of nitrogens with zero attached hydrogens (tertiary/aromatic N) is 4. The van der Waals surface area contributed by atoms with E-state index in [1.165, 1.54) is 0 Å². The monoisotopic (exact) mass is 332 g/mol. The van der Waals surface area contributed by atoms with E-state index < -0.39 is 0 Å². The largest absolute Gasteiger partial charge is 0.496 e. The molecular formula is C19H16N4O2. The molecule has 0 spiro atoms. The van der Waals surface area contributed by atoms with Crippen molar-refractivity contribution in [1.29, 1.82) is 0 Å². The Labute approximate surface area is 144 Å². The van der Waals surface area contributed by atoms with E-state index in [0.717, 1.165) is 34.0 Å². The van der Waals surface area contributed by atoms with Gasteiger partial charge in [0.05, 0.1) is 13.3 Å². The minimum Gasteiger partial charge on any atom is -0.496 e. The fourth-order valence-electron chi connectivity index (χ4n) is 2.65. The molecule has 0 atom stereocenters. The van der Waals surface area contributed by atoms with Crippen molar-refractivity contribution >= 4 is 0 Å². The molecule has 0 saturated heterocycles. The van der Waals surface area contributed by atoms with Crippen molar-refractivity contribution in [2.45, 2.75) is 6.54 Å². The second-order valence-corrected chi connectivity index (χ2v) is 5.55. The van der Waals surface area contributed by atoms with Gasteiger partial charge in [0.1, 0.15) is 23.7 Å². The zero-order chi connectivity index (χ0) is 17.1. The summed E-state index contributed by atoms with van der Waals surface area (Å²) in [6.45, 7) is 0.460. The summed E-state index contributed by atoms with van der Waals surface area (Å²) in [5.74, 6) is 1.48. The summed E-state index contributed by atoms with van der Waals surface area (Å²) in [6.07, 6.45) is 1.86. The lowest BCUT2D eigenvalue weighted by Gasteiger charge is -2.04. The number of para-hydroxylation sites is 1. The number of benzene rings is 2. The first kappa shape index (κ1) is 15.1. The van der Waals surface area contributed by atoms with Crippen LogP contribution in [0.3, 0.4) is 0 Å². The predicted octanol–water partition coefficient (Wildman–Crippen LogP) is 3.66. The highest BCUT2D eigenvalue weighted by atomic mass is 16.5. The van der Waals surface area contributed by atoms with E-state index in [9.17, 15) is 0 Å². The molecule has 4 rings (SSSR count). The van der Waals surface area contributed by atoms with Crippen LogP contribution in [0, 0.1) is 0 Å². The summed E-state index contributed by atoms with van der Waals surface area (Å²) in [5, 5.41) is 12.5. The zero-order valence-corrected chi connectivity index (χ0v) is 13.7. The van der Waals surface area contributed by atoms with Crippen LogP contribution in [0.2, 0.25) is 0 Å². The number of rotatable bonds is 5. The lowest BCUT2D eigenvalue weighted by atomic mass is 10.1. The minimum atomic E-state index is 0.460. The lowest BCUT2D eigenvalue weighted by Crippen LogP contribution is -1.98. The van der Waals surface area contributed by atoms with Gasteiger partial charge in [-0.2, -0.15) is 0 Å². The highest BCUT2D eigenvalue weighted by Gasteiger charge is 2.11. The van der Waals surface area contributed by atoms with E-state index in [-0.39, 0.29) is 0 Å². The molecule has 0 bridgehead atoms. The normalized spacial score (nSPS) is 10.8. The molecule has 2 aromatic carbocycles. The molecule has 2 heterocycles. The first-order valence-electron chi connectivity index (χ1n) is 7.88. The van der Waals surface area contributed by atoms with Gasteiger partial charge < -0.3 is 9.26 Å².